The number of carbonyl (C=O) groups is 1. The minimum absolute atomic E-state index is 0.0119. The van der Waals surface area contributed by atoms with Crippen LogP contribution in [0.4, 0.5) is 0 Å². The van der Waals surface area contributed by atoms with Crippen LogP contribution in [0.25, 0.3) is 0 Å². The van der Waals surface area contributed by atoms with Gasteiger partial charge in [-0.25, -0.2) is 0 Å². The van der Waals surface area contributed by atoms with Crippen molar-refractivity contribution in [1.29, 1.82) is 0 Å². The van der Waals surface area contributed by atoms with Gasteiger partial charge in [-0.05, 0) is 37.0 Å². The van der Waals surface area contributed by atoms with E-state index in [4.69, 9.17) is 0 Å². The highest BCUT2D eigenvalue weighted by molar-refractivity contribution is 5.94. The van der Waals surface area contributed by atoms with E-state index in [0.29, 0.717) is 24.7 Å². The minimum atomic E-state index is -0.0119. The molecule has 0 atom stereocenters. The average Bonchev–Trinajstić information content (AvgIpc) is 3.09. The third kappa shape index (κ3) is 5.58. The Morgan fingerprint density at radius 3 is 2.74 bits per heavy atom. The Hall–Kier alpha value is -2.04. The Morgan fingerprint density at radius 2 is 2.04 bits per heavy atom. The molecule has 1 amide bonds. The van der Waals surface area contributed by atoms with E-state index in [1.807, 2.05) is 31.2 Å². The minimum Gasteiger partial charge on any atom is -0.354 e. The summed E-state index contributed by atoms with van der Waals surface area (Å²) in [7, 11) is 1.79. The fourth-order valence-electron chi connectivity index (χ4n) is 2.81. The summed E-state index contributed by atoms with van der Waals surface area (Å²) in [6.07, 6.45) is 5.96. The number of aliphatic imine (C=N–C) groups is 1. The predicted molar refractivity (Wildman–Crippen MR) is 94.7 cm³/mol. The van der Waals surface area contributed by atoms with Crippen molar-refractivity contribution in [3.63, 3.8) is 0 Å². The normalized spacial score (nSPS) is 15.5. The van der Waals surface area contributed by atoms with Crippen LogP contribution in [-0.4, -0.2) is 31.5 Å². The standard InChI is InChI=1S/C18H28N4O/c1-3-11-20-17(23)15-8-6-7-14(12-15)13-21-18(19-2)22-16-9-4-5-10-16/h6-8,12,16H,3-5,9-11,13H2,1-2H3,(H,20,23)(H2,19,21,22). The van der Waals surface area contributed by atoms with Crippen molar-refractivity contribution in [1.82, 2.24) is 16.0 Å². The van der Waals surface area contributed by atoms with E-state index in [-0.39, 0.29) is 5.91 Å². The molecule has 1 aromatic carbocycles. The van der Waals surface area contributed by atoms with Crippen LogP contribution < -0.4 is 16.0 Å². The van der Waals surface area contributed by atoms with E-state index in [9.17, 15) is 4.79 Å². The lowest BCUT2D eigenvalue weighted by Crippen LogP contribution is -2.41. The zero-order valence-corrected chi connectivity index (χ0v) is 14.2. The molecule has 2 rings (SSSR count). The highest BCUT2D eigenvalue weighted by Crippen LogP contribution is 2.17. The van der Waals surface area contributed by atoms with E-state index in [0.717, 1.165) is 17.9 Å². The summed E-state index contributed by atoms with van der Waals surface area (Å²) in [5, 5.41) is 9.69. The monoisotopic (exact) mass is 316 g/mol. The summed E-state index contributed by atoms with van der Waals surface area (Å²) >= 11 is 0. The molecule has 0 aliphatic heterocycles. The molecule has 0 radical (unpaired) electrons. The molecule has 1 aliphatic carbocycles. The molecule has 126 valence electrons. The van der Waals surface area contributed by atoms with E-state index in [2.05, 4.69) is 20.9 Å². The Bertz CT molecular complexity index is 536. The highest BCUT2D eigenvalue weighted by Gasteiger charge is 2.15. The fraction of sp³-hybridized carbons (Fsp3) is 0.556. The predicted octanol–water partition coefficient (Wildman–Crippen LogP) is 2.43. The lowest BCUT2D eigenvalue weighted by molar-refractivity contribution is 0.0953. The molecule has 23 heavy (non-hydrogen) atoms. The number of nitrogens with zero attached hydrogens (tertiary/aromatic N) is 1. The molecule has 1 aliphatic rings. The third-order valence-corrected chi connectivity index (χ3v) is 4.10. The van der Waals surface area contributed by atoms with Gasteiger partial charge in [0.25, 0.3) is 5.91 Å². The molecule has 0 bridgehead atoms. The SMILES string of the molecule is CCCNC(=O)c1cccc(CNC(=NC)NC2CCCC2)c1. The lowest BCUT2D eigenvalue weighted by atomic mass is 10.1. The van der Waals surface area contributed by atoms with E-state index in [1.54, 1.807) is 7.05 Å². The molecule has 0 heterocycles. The van der Waals surface area contributed by atoms with Gasteiger partial charge in [0.05, 0.1) is 0 Å². The van der Waals surface area contributed by atoms with Crippen molar-refractivity contribution in [2.24, 2.45) is 4.99 Å². The summed E-state index contributed by atoms with van der Waals surface area (Å²) in [5.41, 5.74) is 1.78. The number of hydrogen-bond donors (Lipinski definition) is 3. The first-order chi connectivity index (χ1) is 11.2. The summed E-state index contributed by atoms with van der Waals surface area (Å²) in [6.45, 7) is 3.41. The van der Waals surface area contributed by atoms with Gasteiger partial charge in [-0.1, -0.05) is 31.9 Å². The van der Waals surface area contributed by atoms with Crippen LogP contribution in [0.5, 0.6) is 0 Å². The number of benzene rings is 1. The Labute approximate surface area is 139 Å². The molecular weight excluding hydrogens is 288 g/mol. The first-order valence-electron chi connectivity index (χ1n) is 8.57. The van der Waals surface area contributed by atoms with Crippen molar-refractivity contribution < 1.29 is 4.79 Å². The van der Waals surface area contributed by atoms with Crippen molar-refractivity contribution in [3.05, 3.63) is 35.4 Å². The summed E-state index contributed by atoms with van der Waals surface area (Å²) in [6, 6.07) is 8.26. The second-order valence-electron chi connectivity index (χ2n) is 6.01. The number of carbonyl (C=O) groups excluding carboxylic acids is 1. The first kappa shape index (κ1) is 17.3. The molecule has 5 heteroatoms. The van der Waals surface area contributed by atoms with E-state index in [1.165, 1.54) is 25.7 Å². The number of rotatable bonds is 6. The molecule has 1 fully saturated rings. The quantitative estimate of drug-likeness (QED) is 0.558. The summed E-state index contributed by atoms with van der Waals surface area (Å²) in [4.78, 5) is 16.3. The Kier molecular flexibility index (Phi) is 6.91. The summed E-state index contributed by atoms with van der Waals surface area (Å²) < 4.78 is 0. The van der Waals surface area contributed by atoms with Gasteiger partial charge in [-0.2, -0.15) is 0 Å². The maximum absolute atomic E-state index is 12.0. The summed E-state index contributed by atoms with van der Waals surface area (Å²) in [5.74, 6) is 0.819. The van der Waals surface area contributed by atoms with Gasteiger partial charge < -0.3 is 16.0 Å². The highest BCUT2D eigenvalue weighted by atomic mass is 16.1. The largest absolute Gasteiger partial charge is 0.354 e. The maximum atomic E-state index is 12.0. The third-order valence-electron chi connectivity index (χ3n) is 4.10. The Morgan fingerprint density at radius 1 is 1.26 bits per heavy atom. The topological polar surface area (TPSA) is 65.5 Å². The molecule has 5 nitrogen and oxygen atoms in total. The van der Waals surface area contributed by atoms with Gasteiger partial charge in [0.15, 0.2) is 5.96 Å². The van der Waals surface area contributed by atoms with Crippen molar-refractivity contribution in [3.8, 4) is 0 Å². The number of amides is 1. The first-order valence-corrected chi connectivity index (χ1v) is 8.57. The van der Waals surface area contributed by atoms with Gasteiger partial charge in [-0.3, -0.25) is 9.79 Å². The number of nitrogens with one attached hydrogen (secondary N) is 3. The van der Waals surface area contributed by atoms with E-state index < -0.39 is 0 Å². The fourth-order valence-corrected chi connectivity index (χ4v) is 2.81. The lowest BCUT2D eigenvalue weighted by Gasteiger charge is -2.17. The second-order valence-corrected chi connectivity index (χ2v) is 6.01. The van der Waals surface area contributed by atoms with Crippen LogP contribution in [0, 0.1) is 0 Å². The Balaban J connectivity index is 1.87. The number of guanidine groups is 1. The molecule has 1 aromatic rings. The van der Waals surface area contributed by atoms with Crippen molar-refractivity contribution >= 4 is 11.9 Å². The molecular formula is C18H28N4O. The molecule has 0 aromatic heterocycles. The second kappa shape index (κ2) is 9.18. The molecule has 1 saturated carbocycles. The van der Waals surface area contributed by atoms with Gasteiger partial charge >= 0.3 is 0 Å². The van der Waals surface area contributed by atoms with Gasteiger partial charge in [-0.15, -0.1) is 0 Å². The van der Waals surface area contributed by atoms with Gasteiger partial charge in [0, 0.05) is 31.7 Å². The molecule has 0 saturated heterocycles. The van der Waals surface area contributed by atoms with Crippen molar-refractivity contribution in [2.45, 2.75) is 51.6 Å². The van der Waals surface area contributed by atoms with Gasteiger partial charge in [0.1, 0.15) is 0 Å². The van der Waals surface area contributed by atoms with E-state index >= 15 is 0 Å². The van der Waals surface area contributed by atoms with Crippen molar-refractivity contribution in [2.75, 3.05) is 13.6 Å². The van der Waals surface area contributed by atoms with Gasteiger partial charge in [0.2, 0.25) is 0 Å². The molecule has 0 spiro atoms. The van der Waals surface area contributed by atoms with Crippen LogP contribution in [0.1, 0.15) is 54.9 Å². The van der Waals surface area contributed by atoms with Crippen LogP contribution in [0.15, 0.2) is 29.3 Å². The van der Waals surface area contributed by atoms with Crippen LogP contribution in [-0.2, 0) is 6.54 Å². The maximum Gasteiger partial charge on any atom is 0.251 e. The zero-order valence-electron chi connectivity index (χ0n) is 14.2. The molecule has 3 N–H and O–H groups in total. The van der Waals surface area contributed by atoms with Crippen LogP contribution in [0.2, 0.25) is 0 Å². The zero-order chi connectivity index (χ0) is 16.5. The van der Waals surface area contributed by atoms with Crippen LogP contribution in [0.3, 0.4) is 0 Å². The average molecular weight is 316 g/mol. The smallest absolute Gasteiger partial charge is 0.251 e. The number of hydrogen-bond acceptors (Lipinski definition) is 2. The molecule has 0 unspecified atom stereocenters. The van der Waals surface area contributed by atoms with Crippen LogP contribution >= 0.6 is 0 Å².